The Balaban J connectivity index is 2.92. The zero-order valence-electron chi connectivity index (χ0n) is 9.16. The Labute approximate surface area is 117 Å². The molecule has 0 heterocycles. The van der Waals surface area contributed by atoms with Gasteiger partial charge in [-0.2, -0.15) is 0 Å². The molecule has 1 rings (SSSR count). The van der Waals surface area contributed by atoms with E-state index < -0.39 is 15.4 Å². The minimum atomic E-state index is -1.12. The van der Waals surface area contributed by atoms with Crippen LogP contribution < -0.4 is 4.74 Å². The minimum Gasteiger partial charge on any atom is -0.478 e. The largest absolute Gasteiger partial charge is 0.478 e. The summed E-state index contributed by atoms with van der Waals surface area (Å²) in [4.78, 5) is 22.3. The van der Waals surface area contributed by atoms with Gasteiger partial charge in [-0.1, -0.05) is 34.2 Å². The van der Waals surface area contributed by atoms with Gasteiger partial charge in [0.25, 0.3) is 0 Å². The summed E-state index contributed by atoms with van der Waals surface area (Å²) in [6, 6.07) is 4.01. The molecule has 1 aromatic rings. The number of esters is 1. The van der Waals surface area contributed by atoms with Crippen molar-refractivity contribution in [3.8, 4) is 5.75 Å². The van der Waals surface area contributed by atoms with Crippen LogP contribution in [0.2, 0.25) is 5.02 Å². The standard InChI is InChI=1S/C11H10ClIO4/c1-11(2,13)10(16)17-6-3-4-7(9(14)15)8(12)5-6/h3-5H,1-2H3,(H,14,15). The van der Waals surface area contributed by atoms with E-state index in [-0.39, 0.29) is 16.3 Å². The predicted molar refractivity (Wildman–Crippen MR) is 72.1 cm³/mol. The van der Waals surface area contributed by atoms with Crippen molar-refractivity contribution >= 4 is 46.1 Å². The van der Waals surface area contributed by atoms with Crippen LogP contribution in [0.1, 0.15) is 24.2 Å². The monoisotopic (exact) mass is 368 g/mol. The number of benzene rings is 1. The fraction of sp³-hybridized carbons (Fsp3) is 0.273. The fourth-order valence-electron chi connectivity index (χ4n) is 0.961. The van der Waals surface area contributed by atoms with Gasteiger partial charge in [-0.3, -0.25) is 4.79 Å². The summed E-state index contributed by atoms with van der Waals surface area (Å²) >= 11 is 7.70. The lowest BCUT2D eigenvalue weighted by Crippen LogP contribution is -2.28. The number of carboxylic acid groups (broad SMARTS) is 1. The van der Waals surface area contributed by atoms with E-state index >= 15 is 0 Å². The Bertz CT molecular complexity index is 465. The maximum Gasteiger partial charge on any atom is 0.337 e. The van der Waals surface area contributed by atoms with Gasteiger partial charge in [0.15, 0.2) is 0 Å². The highest BCUT2D eigenvalue weighted by molar-refractivity contribution is 14.1. The molecular weight excluding hydrogens is 358 g/mol. The summed E-state index contributed by atoms with van der Waals surface area (Å²) in [5, 5.41) is 8.81. The number of carbonyl (C=O) groups excluding carboxylic acids is 1. The lowest BCUT2D eigenvalue weighted by atomic mass is 10.2. The molecule has 17 heavy (non-hydrogen) atoms. The predicted octanol–water partition coefficient (Wildman–Crippen LogP) is 3.16. The van der Waals surface area contributed by atoms with E-state index in [1.807, 2.05) is 22.6 Å². The lowest BCUT2D eigenvalue weighted by Gasteiger charge is -2.14. The number of carboxylic acids is 1. The Morgan fingerprint density at radius 2 is 2.00 bits per heavy atom. The van der Waals surface area contributed by atoms with Gasteiger partial charge in [0, 0.05) is 6.07 Å². The highest BCUT2D eigenvalue weighted by Crippen LogP contribution is 2.25. The third kappa shape index (κ3) is 3.85. The number of hydrogen-bond acceptors (Lipinski definition) is 3. The number of ether oxygens (including phenoxy) is 1. The molecule has 6 heteroatoms. The zero-order chi connectivity index (χ0) is 13.2. The Morgan fingerprint density at radius 3 is 2.41 bits per heavy atom. The molecule has 92 valence electrons. The van der Waals surface area contributed by atoms with Crippen molar-refractivity contribution in [2.24, 2.45) is 0 Å². The number of aromatic carboxylic acids is 1. The molecule has 1 N–H and O–H groups in total. The van der Waals surface area contributed by atoms with E-state index in [4.69, 9.17) is 21.4 Å². The average molecular weight is 369 g/mol. The van der Waals surface area contributed by atoms with E-state index in [1.54, 1.807) is 13.8 Å². The third-order valence-corrected chi connectivity index (χ3v) is 2.62. The molecule has 0 bridgehead atoms. The molecule has 0 aromatic heterocycles. The second kappa shape index (κ2) is 5.22. The second-order valence-electron chi connectivity index (χ2n) is 3.81. The van der Waals surface area contributed by atoms with Gasteiger partial charge in [-0.15, -0.1) is 0 Å². The molecule has 0 saturated heterocycles. The molecule has 0 saturated carbocycles. The number of halogens is 2. The quantitative estimate of drug-likeness (QED) is 0.385. The van der Waals surface area contributed by atoms with Gasteiger partial charge in [-0.25, -0.2) is 4.79 Å². The Morgan fingerprint density at radius 1 is 1.41 bits per heavy atom. The summed E-state index contributed by atoms with van der Waals surface area (Å²) in [5.74, 6) is -1.31. The highest BCUT2D eigenvalue weighted by Gasteiger charge is 2.26. The van der Waals surface area contributed by atoms with Crippen LogP contribution >= 0.6 is 34.2 Å². The van der Waals surface area contributed by atoms with Crippen LogP contribution in [-0.4, -0.2) is 20.5 Å². The van der Waals surface area contributed by atoms with Crippen molar-refractivity contribution in [1.29, 1.82) is 0 Å². The number of alkyl halides is 1. The first-order valence-corrected chi connectivity index (χ1v) is 6.11. The zero-order valence-corrected chi connectivity index (χ0v) is 12.1. The fourth-order valence-corrected chi connectivity index (χ4v) is 1.32. The van der Waals surface area contributed by atoms with Crippen molar-refractivity contribution in [2.45, 2.75) is 17.3 Å². The maximum atomic E-state index is 11.6. The first kappa shape index (κ1) is 14.2. The average Bonchev–Trinajstić information content (AvgIpc) is 2.15. The van der Waals surface area contributed by atoms with E-state index in [9.17, 15) is 9.59 Å². The maximum absolute atomic E-state index is 11.6. The minimum absolute atomic E-state index is 0.0276. The summed E-state index contributed by atoms with van der Waals surface area (Å²) in [6.07, 6.45) is 0. The van der Waals surface area contributed by atoms with Crippen LogP contribution in [0.3, 0.4) is 0 Å². The third-order valence-electron chi connectivity index (χ3n) is 1.87. The second-order valence-corrected chi connectivity index (χ2v) is 6.91. The van der Waals surface area contributed by atoms with Crippen LogP contribution in [0, 0.1) is 0 Å². The van der Waals surface area contributed by atoms with E-state index in [0.717, 1.165) is 0 Å². The highest BCUT2D eigenvalue weighted by atomic mass is 127. The molecular formula is C11H10ClIO4. The first-order valence-electron chi connectivity index (χ1n) is 4.66. The molecule has 0 aliphatic rings. The molecule has 0 amide bonds. The molecule has 0 spiro atoms. The van der Waals surface area contributed by atoms with Crippen molar-refractivity contribution in [3.05, 3.63) is 28.8 Å². The van der Waals surface area contributed by atoms with Crippen molar-refractivity contribution in [2.75, 3.05) is 0 Å². The molecule has 0 aliphatic carbocycles. The molecule has 4 nitrogen and oxygen atoms in total. The molecule has 0 aliphatic heterocycles. The molecule has 0 fully saturated rings. The van der Waals surface area contributed by atoms with Gasteiger partial charge >= 0.3 is 11.9 Å². The Hall–Kier alpha value is -0.820. The number of hydrogen-bond donors (Lipinski definition) is 1. The van der Waals surface area contributed by atoms with E-state index in [2.05, 4.69) is 0 Å². The van der Waals surface area contributed by atoms with E-state index in [0.29, 0.717) is 0 Å². The van der Waals surface area contributed by atoms with Gasteiger partial charge in [-0.05, 0) is 26.0 Å². The number of rotatable bonds is 3. The van der Waals surface area contributed by atoms with Crippen LogP contribution in [0.4, 0.5) is 0 Å². The smallest absolute Gasteiger partial charge is 0.337 e. The lowest BCUT2D eigenvalue weighted by molar-refractivity contribution is -0.135. The summed E-state index contributed by atoms with van der Waals surface area (Å²) in [7, 11) is 0. The summed E-state index contributed by atoms with van der Waals surface area (Å²) in [5.41, 5.74) is -0.0276. The topological polar surface area (TPSA) is 63.6 Å². The van der Waals surface area contributed by atoms with Crippen LogP contribution in [0.15, 0.2) is 18.2 Å². The molecule has 1 aromatic carbocycles. The molecule has 0 unspecified atom stereocenters. The Kier molecular flexibility index (Phi) is 4.37. The normalized spacial score (nSPS) is 11.1. The SMILES string of the molecule is CC(C)(I)C(=O)Oc1ccc(C(=O)O)c(Cl)c1. The summed E-state index contributed by atoms with van der Waals surface area (Å²) in [6.45, 7) is 3.42. The molecule has 0 atom stereocenters. The number of carbonyl (C=O) groups is 2. The van der Waals surface area contributed by atoms with Crippen LogP contribution in [0.25, 0.3) is 0 Å². The first-order chi connectivity index (χ1) is 7.71. The van der Waals surface area contributed by atoms with Crippen LogP contribution in [0.5, 0.6) is 5.75 Å². The van der Waals surface area contributed by atoms with Crippen molar-refractivity contribution < 1.29 is 19.4 Å². The van der Waals surface area contributed by atoms with Gasteiger partial charge < -0.3 is 9.84 Å². The van der Waals surface area contributed by atoms with Crippen LogP contribution in [-0.2, 0) is 4.79 Å². The van der Waals surface area contributed by atoms with Gasteiger partial charge in [0.2, 0.25) is 0 Å². The van der Waals surface area contributed by atoms with Gasteiger partial charge in [0.1, 0.15) is 9.17 Å². The van der Waals surface area contributed by atoms with Crippen molar-refractivity contribution in [1.82, 2.24) is 0 Å². The van der Waals surface area contributed by atoms with Gasteiger partial charge in [0.05, 0.1) is 10.6 Å². The van der Waals surface area contributed by atoms with Crippen molar-refractivity contribution in [3.63, 3.8) is 0 Å². The summed E-state index contributed by atoms with van der Waals surface area (Å²) < 4.78 is 4.41. The van der Waals surface area contributed by atoms with E-state index in [1.165, 1.54) is 18.2 Å². The molecule has 0 radical (unpaired) electrons.